The largest absolute Gasteiger partial charge is 0.484 e. The quantitative estimate of drug-likeness (QED) is 0.913. The molecule has 0 unspecified atom stereocenters. The summed E-state index contributed by atoms with van der Waals surface area (Å²) < 4.78 is 24.2. The minimum atomic E-state index is -0.710. The Balaban J connectivity index is 2.07. The van der Waals surface area contributed by atoms with Gasteiger partial charge in [-0.1, -0.05) is 12.1 Å². The van der Waals surface area contributed by atoms with Crippen LogP contribution in [0.2, 0.25) is 0 Å². The lowest BCUT2D eigenvalue weighted by Gasteiger charge is -2.10. The van der Waals surface area contributed by atoms with Gasteiger partial charge in [-0.3, -0.25) is 0 Å². The van der Waals surface area contributed by atoms with Crippen LogP contribution in [0.4, 0.5) is 4.39 Å². The molecule has 1 atom stereocenters. The number of methoxy groups -OCH3 is 1. The number of aliphatic hydroxyl groups excluding tert-OH is 1. The fraction of sp³-hybridized carbons (Fsp3) is 0.267. The molecule has 0 bridgehead atoms. The second-order valence-corrected chi connectivity index (χ2v) is 4.33. The predicted octanol–water partition coefficient (Wildman–Crippen LogP) is 2.86. The van der Waals surface area contributed by atoms with Crippen LogP contribution >= 0.6 is 0 Å². The number of aromatic nitrogens is 1. The average Bonchev–Trinajstić information content (AvgIpc) is 2.46. The van der Waals surface area contributed by atoms with Crippen LogP contribution in [0.3, 0.4) is 0 Å². The van der Waals surface area contributed by atoms with Crippen molar-refractivity contribution in [3.63, 3.8) is 0 Å². The van der Waals surface area contributed by atoms with Crippen LogP contribution in [0, 0.1) is 5.82 Å². The molecule has 20 heavy (non-hydrogen) atoms. The smallest absolute Gasteiger partial charge is 0.213 e. The number of ether oxygens (including phenoxy) is 2. The average molecular weight is 277 g/mol. The van der Waals surface area contributed by atoms with Crippen LogP contribution in [0.25, 0.3) is 0 Å². The lowest BCUT2D eigenvalue weighted by molar-refractivity contribution is 0.198. The second kappa shape index (κ2) is 6.34. The molecule has 0 aliphatic rings. The Bertz CT molecular complexity index is 587. The van der Waals surface area contributed by atoms with Crippen LogP contribution < -0.4 is 9.47 Å². The lowest BCUT2D eigenvalue weighted by atomic mass is 10.1. The monoisotopic (exact) mass is 277 g/mol. The molecule has 0 aliphatic carbocycles. The molecule has 0 fully saturated rings. The molecule has 106 valence electrons. The van der Waals surface area contributed by atoms with Crippen molar-refractivity contribution in [2.24, 2.45) is 0 Å². The number of rotatable bonds is 5. The molecule has 1 aromatic heterocycles. The van der Waals surface area contributed by atoms with Gasteiger partial charge in [0.25, 0.3) is 0 Å². The van der Waals surface area contributed by atoms with E-state index >= 15 is 0 Å². The fourth-order valence-electron chi connectivity index (χ4n) is 1.70. The summed E-state index contributed by atoms with van der Waals surface area (Å²) in [5, 5.41) is 9.37. The van der Waals surface area contributed by atoms with E-state index in [9.17, 15) is 9.50 Å². The second-order valence-electron chi connectivity index (χ2n) is 4.33. The van der Waals surface area contributed by atoms with Gasteiger partial charge in [0.2, 0.25) is 5.88 Å². The SMILES string of the molecule is COc1cccc(COc2ccc([C@H](C)O)cc2F)n1. The Morgan fingerprint density at radius 3 is 2.75 bits per heavy atom. The topological polar surface area (TPSA) is 51.6 Å². The van der Waals surface area contributed by atoms with Gasteiger partial charge in [0.1, 0.15) is 6.61 Å². The third-order valence-electron chi connectivity index (χ3n) is 2.80. The summed E-state index contributed by atoms with van der Waals surface area (Å²) in [6.45, 7) is 1.72. The number of aliphatic hydroxyl groups is 1. The normalized spacial score (nSPS) is 12.0. The van der Waals surface area contributed by atoms with Gasteiger partial charge in [-0.25, -0.2) is 9.37 Å². The van der Waals surface area contributed by atoms with E-state index in [0.29, 0.717) is 17.1 Å². The molecule has 1 N–H and O–H groups in total. The third kappa shape index (κ3) is 3.45. The molecule has 5 heteroatoms. The van der Waals surface area contributed by atoms with E-state index in [0.717, 1.165) is 0 Å². The molecule has 4 nitrogen and oxygen atoms in total. The van der Waals surface area contributed by atoms with Gasteiger partial charge in [0.05, 0.1) is 18.9 Å². The van der Waals surface area contributed by atoms with Gasteiger partial charge in [0, 0.05) is 6.07 Å². The summed E-state index contributed by atoms with van der Waals surface area (Å²) in [5.41, 5.74) is 1.15. The van der Waals surface area contributed by atoms with Crippen molar-refractivity contribution in [1.82, 2.24) is 4.98 Å². The van der Waals surface area contributed by atoms with E-state index in [-0.39, 0.29) is 12.4 Å². The van der Waals surface area contributed by atoms with E-state index in [1.165, 1.54) is 19.2 Å². The van der Waals surface area contributed by atoms with Gasteiger partial charge in [-0.2, -0.15) is 0 Å². The Kier molecular flexibility index (Phi) is 4.53. The maximum atomic E-state index is 13.8. The molecular formula is C15H16FNO3. The van der Waals surface area contributed by atoms with Gasteiger partial charge in [-0.15, -0.1) is 0 Å². The Morgan fingerprint density at radius 1 is 1.30 bits per heavy atom. The van der Waals surface area contributed by atoms with Crippen molar-refractivity contribution >= 4 is 0 Å². The van der Waals surface area contributed by atoms with Crippen LogP contribution in [0.1, 0.15) is 24.3 Å². The summed E-state index contributed by atoms with van der Waals surface area (Å²) in [5.74, 6) is 0.0985. The highest BCUT2D eigenvalue weighted by Gasteiger charge is 2.08. The molecule has 1 aromatic carbocycles. The maximum absolute atomic E-state index is 13.8. The summed E-state index contributed by atoms with van der Waals surface area (Å²) in [6, 6.07) is 9.67. The molecule has 0 aliphatic heterocycles. The first kappa shape index (κ1) is 14.3. The van der Waals surface area contributed by atoms with Crippen LogP contribution in [-0.4, -0.2) is 17.2 Å². The third-order valence-corrected chi connectivity index (χ3v) is 2.80. The van der Waals surface area contributed by atoms with E-state index in [1.54, 1.807) is 31.2 Å². The zero-order chi connectivity index (χ0) is 14.5. The Hall–Kier alpha value is -2.14. The van der Waals surface area contributed by atoms with Crippen molar-refractivity contribution in [2.45, 2.75) is 19.6 Å². The highest BCUT2D eigenvalue weighted by atomic mass is 19.1. The van der Waals surface area contributed by atoms with Crippen molar-refractivity contribution in [3.05, 3.63) is 53.5 Å². The lowest BCUT2D eigenvalue weighted by Crippen LogP contribution is -2.01. The van der Waals surface area contributed by atoms with Gasteiger partial charge in [0.15, 0.2) is 11.6 Å². The van der Waals surface area contributed by atoms with Crippen molar-refractivity contribution < 1.29 is 19.0 Å². The van der Waals surface area contributed by atoms with Crippen molar-refractivity contribution in [2.75, 3.05) is 7.11 Å². The molecule has 0 saturated carbocycles. The number of benzene rings is 1. The Labute approximate surface area is 116 Å². The summed E-state index contributed by atoms with van der Waals surface area (Å²) in [6.07, 6.45) is -0.710. The van der Waals surface area contributed by atoms with Crippen LogP contribution in [-0.2, 0) is 6.61 Å². The molecule has 0 saturated heterocycles. The highest BCUT2D eigenvalue weighted by Crippen LogP contribution is 2.22. The Morgan fingerprint density at radius 2 is 2.10 bits per heavy atom. The maximum Gasteiger partial charge on any atom is 0.213 e. The zero-order valence-electron chi connectivity index (χ0n) is 11.3. The first-order valence-corrected chi connectivity index (χ1v) is 6.20. The molecular weight excluding hydrogens is 261 g/mol. The van der Waals surface area contributed by atoms with E-state index in [2.05, 4.69) is 4.98 Å². The predicted molar refractivity (Wildman–Crippen MR) is 72.2 cm³/mol. The molecule has 2 rings (SSSR count). The van der Waals surface area contributed by atoms with Crippen molar-refractivity contribution in [3.8, 4) is 11.6 Å². The van der Waals surface area contributed by atoms with E-state index in [1.807, 2.05) is 0 Å². The number of nitrogens with zero attached hydrogens (tertiary/aromatic N) is 1. The number of hydrogen-bond acceptors (Lipinski definition) is 4. The molecule has 2 aromatic rings. The summed E-state index contributed by atoms with van der Waals surface area (Å²) in [4.78, 5) is 4.17. The zero-order valence-corrected chi connectivity index (χ0v) is 11.3. The van der Waals surface area contributed by atoms with Crippen LogP contribution in [0.5, 0.6) is 11.6 Å². The van der Waals surface area contributed by atoms with Gasteiger partial charge in [-0.05, 0) is 30.7 Å². The molecule has 0 amide bonds. The first-order chi connectivity index (χ1) is 9.60. The van der Waals surface area contributed by atoms with Crippen molar-refractivity contribution in [1.29, 1.82) is 0 Å². The molecule has 1 heterocycles. The number of hydrogen-bond donors (Lipinski definition) is 1. The minimum Gasteiger partial charge on any atom is -0.484 e. The van der Waals surface area contributed by atoms with Gasteiger partial charge >= 0.3 is 0 Å². The highest BCUT2D eigenvalue weighted by molar-refractivity contribution is 5.30. The fourth-order valence-corrected chi connectivity index (χ4v) is 1.70. The first-order valence-electron chi connectivity index (χ1n) is 6.20. The molecule has 0 radical (unpaired) electrons. The number of halogens is 1. The molecule has 0 spiro atoms. The van der Waals surface area contributed by atoms with Crippen LogP contribution in [0.15, 0.2) is 36.4 Å². The van der Waals surface area contributed by atoms with E-state index in [4.69, 9.17) is 9.47 Å². The van der Waals surface area contributed by atoms with Gasteiger partial charge < -0.3 is 14.6 Å². The minimum absolute atomic E-state index is 0.124. The summed E-state index contributed by atoms with van der Waals surface area (Å²) >= 11 is 0. The van der Waals surface area contributed by atoms with E-state index < -0.39 is 11.9 Å². The number of pyridine rings is 1. The standard InChI is InChI=1S/C15H16FNO3/c1-10(18)11-6-7-14(13(16)8-11)20-9-12-4-3-5-15(17-12)19-2/h3-8,10,18H,9H2,1-2H3/t10-/m0/s1. The summed E-state index contributed by atoms with van der Waals surface area (Å²) in [7, 11) is 1.53.